The van der Waals surface area contributed by atoms with Crippen LogP contribution in [0.3, 0.4) is 0 Å². The lowest BCUT2D eigenvalue weighted by Gasteiger charge is -2.13. The highest BCUT2D eigenvalue weighted by Crippen LogP contribution is 2.36. The summed E-state index contributed by atoms with van der Waals surface area (Å²) in [6.45, 7) is 1.45. The lowest BCUT2D eigenvalue weighted by atomic mass is 10.0. The number of aromatic carboxylic acids is 1. The van der Waals surface area contributed by atoms with Crippen LogP contribution in [0.4, 0.5) is 18.9 Å². The van der Waals surface area contributed by atoms with Crippen molar-refractivity contribution in [3.63, 3.8) is 0 Å². The van der Waals surface area contributed by atoms with Gasteiger partial charge in [-0.2, -0.15) is 13.2 Å². The predicted molar refractivity (Wildman–Crippen MR) is 69.7 cm³/mol. The lowest BCUT2D eigenvalue weighted by molar-refractivity contribution is -0.383. The molecule has 22 heavy (non-hydrogen) atoms. The number of nitro groups is 1. The van der Waals surface area contributed by atoms with E-state index < -0.39 is 39.5 Å². The van der Waals surface area contributed by atoms with Crippen LogP contribution in [0.2, 0.25) is 0 Å². The van der Waals surface area contributed by atoms with Gasteiger partial charge in [-0.3, -0.25) is 10.1 Å². The SMILES string of the molecule is CCc1cc2c([N+](=O)[O-])ccc(C(=O)O)c2nc1C(F)(F)F. The van der Waals surface area contributed by atoms with Crippen molar-refractivity contribution in [3.05, 3.63) is 45.1 Å². The van der Waals surface area contributed by atoms with E-state index in [2.05, 4.69) is 4.98 Å². The van der Waals surface area contributed by atoms with Crippen LogP contribution in [0.15, 0.2) is 18.2 Å². The fourth-order valence-corrected chi connectivity index (χ4v) is 2.13. The molecule has 0 aliphatic heterocycles. The summed E-state index contributed by atoms with van der Waals surface area (Å²) in [4.78, 5) is 24.7. The lowest BCUT2D eigenvalue weighted by Crippen LogP contribution is -2.13. The van der Waals surface area contributed by atoms with E-state index in [1.807, 2.05) is 0 Å². The summed E-state index contributed by atoms with van der Waals surface area (Å²) in [5, 5.41) is 19.8. The van der Waals surface area contributed by atoms with Gasteiger partial charge in [-0.05, 0) is 24.1 Å². The molecule has 0 unspecified atom stereocenters. The van der Waals surface area contributed by atoms with Crippen molar-refractivity contribution in [2.75, 3.05) is 0 Å². The minimum absolute atomic E-state index is 0.0494. The first-order valence-electron chi connectivity index (χ1n) is 6.08. The smallest absolute Gasteiger partial charge is 0.433 e. The number of nitro benzene ring substituents is 1. The molecule has 1 aromatic heterocycles. The van der Waals surface area contributed by atoms with Crippen molar-refractivity contribution in [3.8, 4) is 0 Å². The van der Waals surface area contributed by atoms with Gasteiger partial charge in [0.05, 0.1) is 21.4 Å². The first-order chi connectivity index (χ1) is 10.2. The molecule has 0 bridgehead atoms. The van der Waals surface area contributed by atoms with Gasteiger partial charge >= 0.3 is 12.1 Å². The van der Waals surface area contributed by atoms with Crippen LogP contribution >= 0.6 is 0 Å². The number of benzene rings is 1. The van der Waals surface area contributed by atoms with Gasteiger partial charge < -0.3 is 5.11 Å². The first kappa shape index (κ1) is 15.7. The average Bonchev–Trinajstić information content (AvgIpc) is 2.42. The van der Waals surface area contributed by atoms with Gasteiger partial charge in [0.15, 0.2) is 0 Å². The minimum atomic E-state index is -4.78. The second kappa shape index (κ2) is 5.24. The van der Waals surface area contributed by atoms with E-state index in [-0.39, 0.29) is 17.4 Å². The number of hydrogen-bond donors (Lipinski definition) is 1. The number of halogens is 3. The van der Waals surface area contributed by atoms with Crippen LogP contribution in [0.25, 0.3) is 10.9 Å². The molecule has 0 aliphatic carbocycles. The number of fused-ring (bicyclic) bond motifs is 1. The monoisotopic (exact) mass is 314 g/mol. The third-order valence-electron chi connectivity index (χ3n) is 3.12. The molecule has 0 fully saturated rings. The van der Waals surface area contributed by atoms with Crippen molar-refractivity contribution >= 4 is 22.6 Å². The molecule has 116 valence electrons. The summed E-state index contributed by atoms with van der Waals surface area (Å²) in [5.74, 6) is -1.51. The van der Waals surface area contributed by atoms with Gasteiger partial charge in [-0.1, -0.05) is 6.92 Å². The minimum Gasteiger partial charge on any atom is -0.478 e. The third kappa shape index (κ3) is 2.57. The molecule has 0 saturated heterocycles. The Hall–Kier alpha value is -2.71. The maximum Gasteiger partial charge on any atom is 0.433 e. The molecule has 2 rings (SSSR count). The van der Waals surface area contributed by atoms with Gasteiger partial charge in [-0.15, -0.1) is 0 Å². The first-order valence-corrected chi connectivity index (χ1v) is 6.08. The molecule has 1 N–H and O–H groups in total. The number of hydrogen-bond acceptors (Lipinski definition) is 4. The molecule has 9 heteroatoms. The summed E-state index contributed by atoms with van der Waals surface area (Å²) < 4.78 is 39.0. The van der Waals surface area contributed by atoms with Crippen LogP contribution in [0, 0.1) is 10.1 Å². The average molecular weight is 314 g/mol. The van der Waals surface area contributed by atoms with Crippen molar-refractivity contribution in [2.24, 2.45) is 0 Å². The summed E-state index contributed by atoms with van der Waals surface area (Å²) in [5.41, 5.74) is -3.02. The summed E-state index contributed by atoms with van der Waals surface area (Å²) in [7, 11) is 0. The van der Waals surface area contributed by atoms with E-state index in [0.29, 0.717) is 0 Å². The number of non-ortho nitro benzene ring substituents is 1. The fourth-order valence-electron chi connectivity index (χ4n) is 2.13. The molecule has 0 atom stereocenters. The van der Waals surface area contributed by atoms with E-state index in [4.69, 9.17) is 5.11 Å². The second-order valence-electron chi connectivity index (χ2n) is 4.44. The van der Waals surface area contributed by atoms with E-state index >= 15 is 0 Å². The molecular weight excluding hydrogens is 305 g/mol. The Kier molecular flexibility index (Phi) is 3.74. The molecule has 0 saturated carbocycles. The van der Waals surface area contributed by atoms with Crippen molar-refractivity contribution < 1.29 is 28.0 Å². The number of aryl methyl sites for hydroxylation is 1. The highest BCUT2D eigenvalue weighted by Gasteiger charge is 2.36. The molecule has 2 aromatic rings. The van der Waals surface area contributed by atoms with Gasteiger partial charge in [0.1, 0.15) is 5.69 Å². The number of aromatic nitrogens is 1. The molecule has 1 heterocycles. The number of rotatable bonds is 3. The highest BCUT2D eigenvalue weighted by atomic mass is 19.4. The molecule has 0 amide bonds. The zero-order valence-electron chi connectivity index (χ0n) is 11.1. The number of pyridine rings is 1. The Labute approximate surface area is 121 Å². The van der Waals surface area contributed by atoms with Crippen molar-refractivity contribution in [2.45, 2.75) is 19.5 Å². The standard InChI is InChI=1S/C13H9F3N2O4/c1-2-6-5-8-9(18(21)22)4-3-7(12(19)20)10(8)17-11(6)13(14,15)16/h3-5H,2H2,1H3,(H,19,20). The number of carboxylic acid groups (broad SMARTS) is 1. The fraction of sp³-hybridized carbons (Fsp3) is 0.231. The quantitative estimate of drug-likeness (QED) is 0.692. The van der Waals surface area contributed by atoms with Crippen LogP contribution in [0.5, 0.6) is 0 Å². The maximum atomic E-state index is 13.0. The van der Waals surface area contributed by atoms with Crippen LogP contribution in [0.1, 0.15) is 28.5 Å². The zero-order valence-corrected chi connectivity index (χ0v) is 11.1. The number of alkyl halides is 3. The van der Waals surface area contributed by atoms with E-state index in [1.165, 1.54) is 6.92 Å². The van der Waals surface area contributed by atoms with Gasteiger partial charge in [-0.25, -0.2) is 9.78 Å². The number of carboxylic acids is 1. The molecule has 0 radical (unpaired) electrons. The Morgan fingerprint density at radius 1 is 1.41 bits per heavy atom. The van der Waals surface area contributed by atoms with Crippen molar-refractivity contribution in [1.82, 2.24) is 4.98 Å². The third-order valence-corrected chi connectivity index (χ3v) is 3.12. The molecule has 6 nitrogen and oxygen atoms in total. The van der Waals surface area contributed by atoms with Gasteiger partial charge in [0.2, 0.25) is 0 Å². The highest BCUT2D eigenvalue weighted by molar-refractivity contribution is 6.05. The van der Waals surface area contributed by atoms with Crippen molar-refractivity contribution in [1.29, 1.82) is 0 Å². The summed E-state index contributed by atoms with van der Waals surface area (Å²) in [6, 6.07) is 2.80. The Morgan fingerprint density at radius 3 is 2.50 bits per heavy atom. The van der Waals surface area contributed by atoms with Crippen LogP contribution in [-0.2, 0) is 12.6 Å². The molecule has 1 aromatic carbocycles. The zero-order chi connectivity index (χ0) is 16.7. The molecular formula is C13H9F3N2O4. The Bertz CT molecular complexity index is 787. The largest absolute Gasteiger partial charge is 0.478 e. The summed E-state index contributed by atoms with van der Waals surface area (Å²) in [6.07, 6.45) is -4.83. The predicted octanol–water partition coefficient (Wildman–Crippen LogP) is 3.42. The normalized spacial score (nSPS) is 11.6. The van der Waals surface area contributed by atoms with Crippen LogP contribution in [-0.4, -0.2) is 21.0 Å². The molecule has 0 aliphatic rings. The number of carbonyl (C=O) groups is 1. The summed E-state index contributed by atoms with van der Waals surface area (Å²) >= 11 is 0. The maximum absolute atomic E-state index is 13.0. The van der Waals surface area contributed by atoms with E-state index in [1.54, 1.807) is 0 Å². The van der Waals surface area contributed by atoms with E-state index in [9.17, 15) is 28.1 Å². The van der Waals surface area contributed by atoms with E-state index in [0.717, 1.165) is 18.2 Å². The van der Waals surface area contributed by atoms with Gasteiger partial charge in [0.25, 0.3) is 5.69 Å². The Morgan fingerprint density at radius 2 is 2.05 bits per heavy atom. The number of nitrogens with zero attached hydrogens (tertiary/aromatic N) is 2. The second-order valence-corrected chi connectivity index (χ2v) is 4.44. The topological polar surface area (TPSA) is 93.3 Å². The Balaban J connectivity index is 2.97. The van der Waals surface area contributed by atoms with Crippen LogP contribution < -0.4 is 0 Å². The van der Waals surface area contributed by atoms with Gasteiger partial charge in [0, 0.05) is 6.07 Å². The molecule has 0 spiro atoms.